The molecule has 0 aliphatic carbocycles. The standard InChI is InChI=1S/C13H21N3O/c1-10-5-7-16(9-12(10)17-3)11-4-6-15-13(8-11)14-2/h4,6,8,10,12H,5,7,9H2,1-3H3,(H,14,15). The van der Waals surface area contributed by atoms with E-state index >= 15 is 0 Å². The molecule has 0 spiro atoms. The second-order valence-corrected chi connectivity index (χ2v) is 4.64. The smallest absolute Gasteiger partial charge is 0.127 e. The van der Waals surface area contributed by atoms with E-state index in [-0.39, 0.29) is 0 Å². The van der Waals surface area contributed by atoms with Crippen molar-refractivity contribution in [2.75, 3.05) is 37.5 Å². The van der Waals surface area contributed by atoms with Gasteiger partial charge in [-0.05, 0) is 18.4 Å². The molecule has 1 aliphatic heterocycles. The molecule has 1 N–H and O–H groups in total. The highest BCUT2D eigenvalue weighted by molar-refractivity contribution is 5.54. The van der Waals surface area contributed by atoms with Gasteiger partial charge in [-0.15, -0.1) is 0 Å². The van der Waals surface area contributed by atoms with Gasteiger partial charge in [-0.2, -0.15) is 0 Å². The number of aromatic nitrogens is 1. The van der Waals surface area contributed by atoms with Gasteiger partial charge in [-0.1, -0.05) is 6.92 Å². The van der Waals surface area contributed by atoms with Crippen LogP contribution in [0.15, 0.2) is 18.3 Å². The molecule has 0 bridgehead atoms. The lowest BCUT2D eigenvalue weighted by molar-refractivity contribution is 0.0498. The van der Waals surface area contributed by atoms with Crippen molar-refractivity contribution in [3.63, 3.8) is 0 Å². The van der Waals surface area contributed by atoms with Crippen LogP contribution in [0.3, 0.4) is 0 Å². The summed E-state index contributed by atoms with van der Waals surface area (Å²) in [4.78, 5) is 6.61. The van der Waals surface area contributed by atoms with E-state index in [9.17, 15) is 0 Å². The van der Waals surface area contributed by atoms with Crippen molar-refractivity contribution < 1.29 is 4.74 Å². The van der Waals surface area contributed by atoms with Crippen molar-refractivity contribution in [3.05, 3.63) is 18.3 Å². The highest BCUT2D eigenvalue weighted by Gasteiger charge is 2.26. The van der Waals surface area contributed by atoms with Crippen molar-refractivity contribution >= 4 is 11.5 Å². The van der Waals surface area contributed by atoms with Gasteiger partial charge in [0.2, 0.25) is 0 Å². The lowest BCUT2D eigenvalue weighted by Gasteiger charge is -2.37. The average Bonchev–Trinajstić information content (AvgIpc) is 2.39. The molecule has 94 valence electrons. The van der Waals surface area contributed by atoms with Gasteiger partial charge in [-0.3, -0.25) is 0 Å². The summed E-state index contributed by atoms with van der Waals surface area (Å²) in [5.41, 5.74) is 1.22. The van der Waals surface area contributed by atoms with Gasteiger partial charge < -0.3 is 15.0 Å². The highest BCUT2D eigenvalue weighted by Crippen LogP contribution is 2.25. The van der Waals surface area contributed by atoms with E-state index in [1.54, 1.807) is 7.11 Å². The van der Waals surface area contributed by atoms with Crippen LogP contribution in [0.2, 0.25) is 0 Å². The minimum Gasteiger partial charge on any atom is -0.379 e. The number of pyridine rings is 1. The van der Waals surface area contributed by atoms with Crippen molar-refractivity contribution in [2.24, 2.45) is 5.92 Å². The summed E-state index contributed by atoms with van der Waals surface area (Å²) < 4.78 is 5.54. The summed E-state index contributed by atoms with van der Waals surface area (Å²) in [6.45, 7) is 4.32. The Kier molecular flexibility index (Phi) is 3.84. The Morgan fingerprint density at radius 3 is 3.06 bits per heavy atom. The van der Waals surface area contributed by atoms with Crippen LogP contribution < -0.4 is 10.2 Å². The van der Waals surface area contributed by atoms with E-state index in [0.29, 0.717) is 12.0 Å². The van der Waals surface area contributed by atoms with Gasteiger partial charge in [0.1, 0.15) is 5.82 Å². The molecule has 17 heavy (non-hydrogen) atoms. The topological polar surface area (TPSA) is 37.4 Å². The van der Waals surface area contributed by atoms with Gasteiger partial charge in [-0.25, -0.2) is 4.98 Å². The third-order valence-corrected chi connectivity index (χ3v) is 3.56. The molecule has 4 heteroatoms. The molecule has 2 rings (SSSR count). The molecule has 0 radical (unpaired) electrons. The Labute approximate surface area is 103 Å². The largest absolute Gasteiger partial charge is 0.379 e. The van der Waals surface area contributed by atoms with Crippen LogP contribution in [0, 0.1) is 5.92 Å². The summed E-state index contributed by atoms with van der Waals surface area (Å²) in [6, 6.07) is 4.15. The maximum atomic E-state index is 5.54. The molecule has 0 aromatic carbocycles. The Morgan fingerprint density at radius 1 is 1.53 bits per heavy atom. The summed E-state index contributed by atoms with van der Waals surface area (Å²) in [5.74, 6) is 1.55. The summed E-state index contributed by atoms with van der Waals surface area (Å²) in [7, 11) is 3.69. The quantitative estimate of drug-likeness (QED) is 0.869. The van der Waals surface area contributed by atoms with Crippen molar-refractivity contribution in [1.29, 1.82) is 0 Å². The lowest BCUT2D eigenvalue weighted by atomic mass is 9.95. The lowest BCUT2D eigenvalue weighted by Crippen LogP contribution is -2.43. The van der Waals surface area contributed by atoms with Gasteiger partial charge in [0.15, 0.2) is 0 Å². The maximum Gasteiger partial charge on any atom is 0.127 e. The third-order valence-electron chi connectivity index (χ3n) is 3.56. The molecule has 4 nitrogen and oxygen atoms in total. The van der Waals surface area contributed by atoms with Crippen LogP contribution >= 0.6 is 0 Å². The predicted octanol–water partition coefficient (Wildman–Crippen LogP) is 1.98. The molecule has 1 aliphatic rings. The molecule has 2 heterocycles. The maximum absolute atomic E-state index is 5.54. The minimum atomic E-state index is 0.329. The van der Waals surface area contributed by atoms with Crippen molar-refractivity contribution in [2.45, 2.75) is 19.4 Å². The van der Waals surface area contributed by atoms with E-state index in [1.165, 1.54) is 12.1 Å². The van der Waals surface area contributed by atoms with Gasteiger partial charge >= 0.3 is 0 Å². The first kappa shape index (κ1) is 12.2. The van der Waals surface area contributed by atoms with Crippen LogP contribution in [0.25, 0.3) is 0 Å². The number of nitrogens with one attached hydrogen (secondary N) is 1. The van der Waals surface area contributed by atoms with Crippen LogP contribution in [0.5, 0.6) is 0 Å². The van der Waals surface area contributed by atoms with Crippen molar-refractivity contribution in [3.8, 4) is 0 Å². The average molecular weight is 235 g/mol. The first-order chi connectivity index (χ1) is 8.24. The summed E-state index contributed by atoms with van der Waals surface area (Å²) >= 11 is 0. The molecule has 2 atom stereocenters. The van der Waals surface area contributed by atoms with E-state index in [2.05, 4.69) is 34.3 Å². The Balaban J connectivity index is 2.11. The number of anilines is 2. The van der Waals surface area contributed by atoms with E-state index in [4.69, 9.17) is 4.74 Å². The fraction of sp³-hybridized carbons (Fsp3) is 0.615. The zero-order valence-corrected chi connectivity index (χ0v) is 10.8. The van der Waals surface area contributed by atoms with Gasteiger partial charge in [0.05, 0.1) is 6.10 Å². The van der Waals surface area contributed by atoms with Crippen LogP contribution in [0.1, 0.15) is 13.3 Å². The van der Waals surface area contributed by atoms with Crippen LogP contribution in [-0.2, 0) is 4.74 Å². The molecular formula is C13H21N3O. The Hall–Kier alpha value is -1.29. The molecule has 1 aromatic rings. The minimum absolute atomic E-state index is 0.329. The Bertz CT molecular complexity index is 369. The molecule has 0 amide bonds. The zero-order valence-electron chi connectivity index (χ0n) is 10.8. The van der Waals surface area contributed by atoms with E-state index in [1.807, 2.05) is 13.2 Å². The highest BCUT2D eigenvalue weighted by atomic mass is 16.5. The number of piperidine rings is 1. The molecule has 1 aromatic heterocycles. The third kappa shape index (κ3) is 2.69. The number of nitrogens with zero attached hydrogens (tertiary/aromatic N) is 2. The molecule has 1 fully saturated rings. The summed E-state index contributed by atoms with van der Waals surface area (Å²) in [6.07, 6.45) is 3.35. The first-order valence-corrected chi connectivity index (χ1v) is 6.16. The van der Waals surface area contributed by atoms with Crippen molar-refractivity contribution in [1.82, 2.24) is 4.98 Å². The molecule has 1 saturated heterocycles. The monoisotopic (exact) mass is 235 g/mol. The zero-order chi connectivity index (χ0) is 12.3. The van der Waals surface area contributed by atoms with Gasteiger partial charge in [0.25, 0.3) is 0 Å². The number of hydrogen-bond acceptors (Lipinski definition) is 4. The van der Waals surface area contributed by atoms with E-state index in [0.717, 1.165) is 18.9 Å². The Morgan fingerprint density at radius 2 is 2.35 bits per heavy atom. The number of methoxy groups -OCH3 is 1. The molecular weight excluding hydrogens is 214 g/mol. The molecule has 0 saturated carbocycles. The first-order valence-electron chi connectivity index (χ1n) is 6.16. The predicted molar refractivity (Wildman–Crippen MR) is 70.6 cm³/mol. The van der Waals surface area contributed by atoms with Gasteiger partial charge in [0, 0.05) is 45.2 Å². The second kappa shape index (κ2) is 5.36. The fourth-order valence-electron chi connectivity index (χ4n) is 2.33. The SMILES string of the molecule is CNc1cc(N2CCC(C)C(OC)C2)ccn1. The fourth-order valence-corrected chi connectivity index (χ4v) is 2.33. The van der Waals surface area contributed by atoms with Crippen LogP contribution in [0.4, 0.5) is 11.5 Å². The van der Waals surface area contributed by atoms with Crippen LogP contribution in [-0.4, -0.2) is 38.3 Å². The number of ether oxygens (including phenoxy) is 1. The van der Waals surface area contributed by atoms with E-state index < -0.39 is 0 Å². The second-order valence-electron chi connectivity index (χ2n) is 4.64. The molecule has 2 unspecified atom stereocenters. The number of hydrogen-bond donors (Lipinski definition) is 1. The summed E-state index contributed by atoms with van der Waals surface area (Å²) in [5, 5.41) is 3.07. The number of rotatable bonds is 3. The normalized spacial score (nSPS) is 24.8.